The lowest BCUT2D eigenvalue weighted by Gasteiger charge is -2.28. The molecule has 780 valence electrons. The SMILES string of the molecule is C=P(C)(C)OC1CC(CC)N(C)C1.C=P(C)(C)OC1CC(CC)N(C)C1.C=P(C)(C)OC1CCC(CC)N1C.C=P(C)(C)OC1CCN(C)C1CC.C=P(C)(C)OC1CCN(C)C1CC.C=P(C)(C)OC1CN(C)CC1CC.C=P(C)(C)OCC1C(C)CCN1C.C=P(C)(C)OCC1CC(C)CN1C.C=P(C)(C)OCC1CCC(C)N1C.C=P(C)(C)OCC1CN(C)CC1C. The number of likely N-dealkylation sites (N-methyl/N-ethyl adjacent to an activating group) is 8. The molecule has 10 rings (SSSR count). The maximum atomic E-state index is 6.03. The van der Waals surface area contributed by atoms with Gasteiger partial charge in [-0.2, -0.15) is 0 Å². The van der Waals surface area contributed by atoms with Crippen LogP contribution >= 0.6 is 71.1 Å². The van der Waals surface area contributed by atoms with Gasteiger partial charge >= 0.3 is 0 Å². The molecular weight excluding hydrogens is 1810 g/mol. The molecular formula is C100H220N10O10P10. The molecule has 20 atom stereocenters. The van der Waals surface area contributed by atoms with Crippen LogP contribution < -0.4 is 0 Å². The van der Waals surface area contributed by atoms with Crippen molar-refractivity contribution >= 4 is 134 Å². The van der Waals surface area contributed by atoms with E-state index < -0.39 is 71.1 Å². The van der Waals surface area contributed by atoms with E-state index in [1.54, 1.807) is 0 Å². The first kappa shape index (κ1) is 130. The molecule has 30 heteroatoms. The van der Waals surface area contributed by atoms with E-state index in [9.17, 15) is 0 Å². The third-order valence-corrected chi connectivity index (χ3v) is 34.6. The molecule has 0 spiro atoms. The molecule has 0 radical (unpaired) electrons. The average Bonchev–Trinajstić information content (AvgIpc) is 1.71. The zero-order chi connectivity index (χ0) is 101. The van der Waals surface area contributed by atoms with Crippen molar-refractivity contribution in [3.8, 4) is 0 Å². The molecule has 20 unspecified atom stereocenters. The molecule has 10 heterocycles. The van der Waals surface area contributed by atoms with Crippen molar-refractivity contribution < 1.29 is 45.2 Å². The van der Waals surface area contributed by atoms with E-state index in [4.69, 9.17) is 45.2 Å². The molecule has 0 aromatic heterocycles. The smallest absolute Gasteiger partial charge is 0.114 e. The van der Waals surface area contributed by atoms with E-state index in [2.05, 4.69) is 385 Å². The Hall–Kier alpha value is 2.20. The number of hydrogen-bond donors (Lipinski definition) is 0. The molecule has 0 bridgehead atoms. The van der Waals surface area contributed by atoms with Crippen molar-refractivity contribution in [3.63, 3.8) is 0 Å². The van der Waals surface area contributed by atoms with Crippen LogP contribution in [0.1, 0.15) is 172 Å². The molecule has 0 aromatic rings. The summed E-state index contributed by atoms with van der Waals surface area (Å²) in [5.74, 6) is 3.80. The van der Waals surface area contributed by atoms with E-state index in [0.29, 0.717) is 78.8 Å². The summed E-state index contributed by atoms with van der Waals surface area (Å²) in [6, 6.07) is 5.96. The Kier molecular flexibility index (Phi) is 60.3. The minimum atomic E-state index is -1.33. The van der Waals surface area contributed by atoms with Crippen LogP contribution in [0.2, 0.25) is 0 Å². The van der Waals surface area contributed by atoms with Crippen molar-refractivity contribution in [2.45, 2.75) is 263 Å². The van der Waals surface area contributed by atoms with Gasteiger partial charge in [-0.05, 0) is 421 Å². The second-order valence-corrected chi connectivity index (χ2v) is 79.8. The predicted molar refractivity (Wildman–Crippen MR) is 620 cm³/mol. The summed E-state index contributed by atoms with van der Waals surface area (Å²) in [5.41, 5.74) is 0. The molecule has 20 nitrogen and oxygen atoms in total. The van der Waals surface area contributed by atoms with Crippen molar-refractivity contribution in [1.29, 1.82) is 0 Å². The molecule has 10 saturated heterocycles. The van der Waals surface area contributed by atoms with Gasteiger partial charge in [0.15, 0.2) is 0 Å². The summed E-state index contributed by atoms with van der Waals surface area (Å²) in [7, 11) is 8.77. The van der Waals surface area contributed by atoms with Crippen LogP contribution in [-0.2, 0) is 45.2 Å². The molecule has 0 saturated carbocycles. The molecule has 10 aliphatic heterocycles. The third kappa shape index (κ3) is 58.2. The number of rotatable bonds is 30. The standard InChI is InChI=1S/10C10H22NOP/c1-9-6-11(2)7-10(9)8-12-13(3,4)5;1-9-6-10(11(2)7-9)8-12-13(3,4)5;1-9-6-7-11(2)10(9)8-12-13(3,4)5;1-9-6-7-10(11(9)2)8-12-13(3,4)5;1-6-9-7-11(2)8-10(9)12-13(3,4)5;2*1-6-9-7-10(8-11(9)2)12-13(3,4)5;2*1-6-9-10(7-8-11(9)2)12-13(3,4)5;1-6-9-7-8-10(11(9)2)12-13(3,4)5/h10*9-10H,3,6-8H2,1-2,4-5H3. The molecule has 130 heavy (non-hydrogen) atoms. The summed E-state index contributed by atoms with van der Waals surface area (Å²) < 4.78 is 59.2. The first-order valence-corrected chi connectivity index (χ1v) is 77.5. The van der Waals surface area contributed by atoms with Gasteiger partial charge in [0, 0.05) is 113 Å². The summed E-state index contributed by atoms with van der Waals surface area (Å²) in [4.78, 5) is 24.0. The number of likely N-dealkylation sites (tertiary alicyclic amines) is 10. The topological polar surface area (TPSA) is 125 Å². The highest BCUT2D eigenvalue weighted by Gasteiger charge is 2.39. The Labute approximate surface area is 811 Å². The van der Waals surface area contributed by atoms with Crippen LogP contribution in [0.15, 0.2) is 0 Å². The Morgan fingerprint density at radius 3 is 0.931 bits per heavy atom. The average molecular weight is 2030 g/mol. The van der Waals surface area contributed by atoms with Gasteiger partial charge in [0.1, 0.15) is 6.23 Å². The quantitative estimate of drug-likeness (QED) is 0.0633. The van der Waals surface area contributed by atoms with Crippen molar-refractivity contribution in [3.05, 3.63) is 0 Å². The van der Waals surface area contributed by atoms with Gasteiger partial charge in [-0.3, -0.25) is 9.80 Å². The van der Waals surface area contributed by atoms with Gasteiger partial charge < -0.3 is 84.4 Å². The fourth-order valence-electron chi connectivity index (χ4n) is 19.0. The van der Waals surface area contributed by atoms with E-state index in [1.165, 1.54) is 149 Å². The van der Waals surface area contributed by atoms with Gasteiger partial charge in [-0.25, -0.2) is 0 Å². The van der Waals surface area contributed by atoms with Crippen LogP contribution in [0.5, 0.6) is 0 Å². The molecule has 0 amide bonds. The van der Waals surface area contributed by atoms with E-state index >= 15 is 0 Å². The minimum Gasteiger partial charge on any atom is -0.362 e. The van der Waals surface area contributed by atoms with Crippen LogP contribution in [0.4, 0.5) is 0 Å². The van der Waals surface area contributed by atoms with Crippen molar-refractivity contribution in [1.82, 2.24) is 49.0 Å². The van der Waals surface area contributed by atoms with E-state index in [-0.39, 0.29) is 0 Å². The maximum Gasteiger partial charge on any atom is 0.114 e. The first-order chi connectivity index (χ1) is 59.1. The summed E-state index contributed by atoms with van der Waals surface area (Å²) >= 11 is 0. The van der Waals surface area contributed by atoms with E-state index in [0.717, 1.165) is 88.0 Å². The Morgan fingerprint density at radius 2 is 0.615 bits per heavy atom. The fraction of sp³-hybridized carbons (Fsp3) is 0.900. The lowest BCUT2D eigenvalue weighted by atomic mass is 10.00. The normalized spacial score (nSPS) is 31.1. The van der Waals surface area contributed by atoms with Gasteiger partial charge in [-0.15, -0.1) is 0 Å². The van der Waals surface area contributed by atoms with Crippen LogP contribution in [0.25, 0.3) is 0 Å². The highest BCUT2D eigenvalue weighted by atomic mass is 31.2. The molecule has 10 fully saturated rings. The lowest BCUT2D eigenvalue weighted by molar-refractivity contribution is 0.0702. The van der Waals surface area contributed by atoms with Crippen LogP contribution in [-0.4, -0.2) is 499 Å². The Bertz CT molecular complexity index is 3420. The van der Waals surface area contributed by atoms with Crippen molar-refractivity contribution in [2.75, 3.05) is 296 Å². The molecule has 10 aliphatic rings. The third-order valence-electron chi connectivity index (χ3n) is 26.1. The van der Waals surface area contributed by atoms with Gasteiger partial charge in [-0.1, -0.05) is 125 Å². The summed E-state index contributed by atoms with van der Waals surface area (Å²) in [6.07, 6.45) is 62.8. The van der Waals surface area contributed by atoms with Crippen LogP contribution in [0, 0.1) is 29.6 Å². The maximum absolute atomic E-state index is 6.03. The molecule has 0 N–H and O–H groups in total. The Morgan fingerprint density at radius 1 is 0.262 bits per heavy atom. The highest BCUT2D eigenvalue weighted by molar-refractivity contribution is 7.70. The molecule has 0 aromatic carbocycles. The van der Waals surface area contributed by atoms with Crippen LogP contribution in [0.3, 0.4) is 0 Å². The largest absolute Gasteiger partial charge is 0.362 e. The minimum absolute atomic E-state index is 0.325. The highest BCUT2D eigenvalue weighted by Crippen LogP contribution is 2.49. The second-order valence-electron chi connectivity index (χ2n) is 46.0. The monoisotopic (exact) mass is 2030 g/mol. The van der Waals surface area contributed by atoms with E-state index in [1.807, 2.05) is 0 Å². The Balaban J connectivity index is 0.000000722. The van der Waals surface area contributed by atoms with Gasteiger partial charge in [0.25, 0.3) is 0 Å². The molecule has 0 aliphatic carbocycles. The zero-order valence-electron chi connectivity index (χ0n) is 92.9. The number of hydrogen-bond acceptors (Lipinski definition) is 20. The first-order valence-electron chi connectivity index (χ1n) is 49.7. The summed E-state index contributed by atoms with van der Waals surface area (Å²) in [5, 5.41) is 0. The second kappa shape index (κ2) is 60.2. The van der Waals surface area contributed by atoms with Gasteiger partial charge in [0.2, 0.25) is 0 Å². The van der Waals surface area contributed by atoms with Crippen molar-refractivity contribution in [2.24, 2.45) is 29.6 Å². The number of nitrogens with zero attached hydrogens (tertiary/aromatic N) is 10. The lowest BCUT2D eigenvalue weighted by Crippen LogP contribution is -2.33. The summed E-state index contributed by atoms with van der Waals surface area (Å²) in [6.45, 7) is 80.3. The van der Waals surface area contributed by atoms with Gasteiger partial charge in [0.05, 0.1) is 56.9 Å². The zero-order valence-corrected chi connectivity index (χ0v) is 102. The predicted octanol–water partition coefficient (Wildman–Crippen LogP) is 20.7. The fourth-order valence-corrected chi connectivity index (χ4v) is 27.1.